The Kier molecular flexibility index (Phi) is 4.13. The standard InChI is InChI=1S/C33H22N2S/c34-19-20-6-5-7-21(18-20)35-28-10-3-1-8-26(28)32-24-12-13-25-23(22(24)14-16-29(32)35)15-17-31-33(25)27-9-2-4-11-30(27)36-31/h1-18H,19,34H2. The molecule has 36 heavy (non-hydrogen) atoms. The molecule has 0 amide bonds. The van der Waals surface area contributed by atoms with Gasteiger partial charge in [0.1, 0.15) is 0 Å². The molecule has 2 heterocycles. The highest BCUT2D eigenvalue weighted by Crippen LogP contribution is 2.43. The van der Waals surface area contributed by atoms with Crippen molar-refractivity contribution in [2.24, 2.45) is 5.73 Å². The van der Waals surface area contributed by atoms with Gasteiger partial charge in [-0.15, -0.1) is 11.3 Å². The Hall–Kier alpha value is -4.18. The molecule has 0 bridgehead atoms. The second kappa shape index (κ2) is 7.41. The summed E-state index contributed by atoms with van der Waals surface area (Å²) in [6, 6.07) is 39.9. The van der Waals surface area contributed by atoms with Gasteiger partial charge >= 0.3 is 0 Å². The van der Waals surface area contributed by atoms with E-state index in [-0.39, 0.29) is 0 Å². The molecule has 0 unspecified atom stereocenters. The zero-order valence-electron chi connectivity index (χ0n) is 19.5. The number of nitrogens with two attached hydrogens (primary N) is 1. The van der Waals surface area contributed by atoms with Crippen molar-refractivity contribution in [2.45, 2.75) is 6.54 Å². The Morgan fingerprint density at radius 3 is 2.11 bits per heavy atom. The number of rotatable bonds is 2. The molecular formula is C33H22N2S. The molecule has 2 nitrogen and oxygen atoms in total. The molecule has 0 atom stereocenters. The van der Waals surface area contributed by atoms with Crippen LogP contribution >= 0.6 is 11.3 Å². The van der Waals surface area contributed by atoms with E-state index in [0.717, 1.165) is 11.3 Å². The Morgan fingerprint density at radius 1 is 0.528 bits per heavy atom. The second-order valence-corrected chi connectivity index (χ2v) is 10.6. The van der Waals surface area contributed by atoms with Gasteiger partial charge in [-0.05, 0) is 63.5 Å². The number of hydrogen-bond acceptors (Lipinski definition) is 2. The first-order chi connectivity index (χ1) is 17.8. The van der Waals surface area contributed by atoms with E-state index in [1.807, 2.05) is 11.3 Å². The van der Waals surface area contributed by atoms with Crippen LogP contribution in [0.4, 0.5) is 0 Å². The van der Waals surface area contributed by atoms with E-state index >= 15 is 0 Å². The van der Waals surface area contributed by atoms with Gasteiger partial charge in [0.05, 0.1) is 11.0 Å². The first-order valence-corrected chi connectivity index (χ1v) is 13.1. The van der Waals surface area contributed by atoms with Gasteiger partial charge in [0.2, 0.25) is 0 Å². The molecule has 6 aromatic carbocycles. The number of nitrogens with zero attached hydrogens (tertiary/aromatic N) is 1. The molecule has 0 saturated carbocycles. The van der Waals surface area contributed by atoms with Crippen LogP contribution in [0.1, 0.15) is 5.56 Å². The lowest BCUT2D eigenvalue weighted by Crippen LogP contribution is -1.99. The van der Waals surface area contributed by atoms with E-state index in [9.17, 15) is 0 Å². The summed E-state index contributed by atoms with van der Waals surface area (Å²) in [4.78, 5) is 0. The molecule has 3 heteroatoms. The summed E-state index contributed by atoms with van der Waals surface area (Å²) in [6.45, 7) is 0.533. The van der Waals surface area contributed by atoms with Gasteiger partial charge in [-0.3, -0.25) is 0 Å². The zero-order valence-corrected chi connectivity index (χ0v) is 20.3. The van der Waals surface area contributed by atoms with Crippen molar-refractivity contribution in [3.63, 3.8) is 0 Å². The average molecular weight is 479 g/mol. The fourth-order valence-corrected chi connectivity index (χ4v) is 7.14. The lowest BCUT2D eigenvalue weighted by molar-refractivity contribution is 1.06. The second-order valence-electron chi connectivity index (χ2n) is 9.48. The molecule has 0 fully saturated rings. The van der Waals surface area contributed by atoms with E-state index < -0.39 is 0 Å². The van der Waals surface area contributed by atoms with Crippen molar-refractivity contribution >= 4 is 74.9 Å². The van der Waals surface area contributed by atoms with Crippen LogP contribution in [0.5, 0.6) is 0 Å². The Balaban J connectivity index is 1.52. The van der Waals surface area contributed by atoms with Crippen LogP contribution in [-0.4, -0.2) is 4.57 Å². The molecule has 170 valence electrons. The van der Waals surface area contributed by atoms with Crippen molar-refractivity contribution in [2.75, 3.05) is 0 Å². The Bertz CT molecular complexity index is 2150. The number of fused-ring (bicyclic) bond motifs is 11. The average Bonchev–Trinajstić information content (AvgIpc) is 3.49. The van der Waals surface area contributed by atoms with Gasteiger partial charge in [0.15, 0.2) is 0 Å². The summed E-state index contributed by atoms with van der Waals surface area (Å²) in [7, 11) is 0. The number of benzene rings is 6. The molecule has 0 aliphatic carbocycles. The smallest absolute Gasteiger partial charge is 0.0547 e. The molecule has 8 aromatic rings. The highest BCUT2D eigenvalue weighted by atomic mass is 32.1. The van der Waals surface area contributed by atoms with Gasteiger partial charge in [0.25, 0.3) is 0 Å². The minimum Gasteiger partial charge on any atom is -0.326 e. The van der Waals surface area contributed by atoms with Crippen LogP contribution in [-0.2, 0) is 6.54 Å². The third kappa shape index (κ3) is 2.64. The van der Waals surface area contributed by atoms with Crippen molar-refractivity contribution in [1.29, 1.82) is 0 Å². The Morgan fingerprint density at radius 2 is 1.25 bits per heavy atom. The molecule has 0 aliphatic heterocycles. The van der Waals surface area contributed by atoms with E-state index in [0.29, 0.717) is 6.54 Å². The number of hydrogen-bond donors (Lipinski definition) is 1. The molecule has 0 aliphatic rings. The van der Waals surface area contributed by atoms with Crippen molar-refractivity contribution in [3.8, 4) is 5.69 Å². The molecule has 0 saturated heterocycles. The van der Waals surface area contributed by atoms with Crippen LogP contribution in [0.15, 0.2) is 109 Å². The lowest BCUT2D eigenvalue weighted by atomic mass is 9.96. The topological polar surface area (TPSA) is 30.9 Å². The van der Waals surface area contributed by atoms with Crippen LogP contribution < -0.4 is 5.73 Å². The quantitative estimate of drug-likeness (QED) is 0.247. The molecule has 2 N–H and O–H groups in total. The van der Waals surface area contributed by atoms with Crippen LogP contribution in [0.25, 0.3) is 69.2 Å². The molecular weight excluding hydrogens is 456 g/mol. The summed E-state index contributed by atoms with van der Waals surface area (Å²) in [5.74, 6) is 0. The maximum atomic E-state index is 5.98. The van der Waals surface area contributed by atoms with Crippen LogP contribution in [0.3, 0.4) is 0 Å². The molecule has 0 radical (unpaired) electrons. The fourth-order valence-electron chi connectivity index (χ4n) is 6.01. The van der Waals surface area contributed by atoms with Gasteiger partial charge in [-0.1, -0.05) is 72.8 Å². The number of aromatic nitrogens is 1. The van der Waals surface area contributed by atoms with Gasteiger partial charge < -0.3 is 10.3 Å². The van der Waals surface area contributed by atoms with E-state index in [4.69, 9.17) is 5.73 Å². The van der Waals surface area contributed by atoms with E-state index in [1.165, 1.54) is 63.5 Å². The van der Waals surface area contributed by atoms with Crippen LogP contribution in [0.2, 0.25) is 0 Å². The third-order valence-electron chi connectivity index (χ3n) is 7.57. The maximum absolute atomic E-state index is 5.98. The highest BCUT2D eigenvalue weighted by Gasteiger charge is 2.17. The largest absolute Gasteiger partial charge is 0.326 e. The van der Waals surface area contributed by atoms with E-state index in [1.54, 1.807) is 0 Å². The van der Waals surface area contributed by atoms with Crippen molar-refractivity contribution in [3.05, 3.63) is 115 Å². The minimum atomic E-state index is 0.533. The van der Waals surface area contributed by atoms with Gasteiger partial charge in [0, 0.05) is 43.2 Å². The maximum Gasteiger partial charge on any atom is 0.0547 e. The SMILES string of the molecule is NCc1cccc(-n2c3ccccc3c3c4ccc5c(ccc6sc7ccccc7c65)c4ccc32)c1. The molecule has 0 spiro atoms. The van der Waals surface area contributed by atoms with Crippen LogP contribution in [0, 0.1) is 0 Å². The highest BCUT2D eigenvalue weighted by molar-refractivity contribution is 7.26. The van der Waals surface area contributed by atoms with E-state index in [2.05, 4.69) is 114 Å². The predicted molar refractivity (Wildman–Crippen MR) is 157 cm³/mol. The van der Waals surface area contributed by atoms with Crippen molar-refractivity contribution < 1.29 is 0 Å². The summed E-state index contributed by atoms with van der Waals surface area (Å²) < 4.78 is 5.07. The summed E-state index contributed by atoms with van der Waals surface area (Å²) in [5.41, 5.74) is 10.7. The Labute approximate surface area is 211 Å². The minimum absolute atomic E-state index is 0.533. The van der Waals surface area contributed by atoms with Gasteiger partial charge in [-0.2, -0.15) is 0 Å². The molecule has 8 rings (SSSR count). The summed E-state index contributed by atoms with van der Waals surface area (Å²) in [6.07, 6.45) is 0. The first kappa shape index (κ1) is 20.1. The lowest BCUT2D eigenvalue weighted by Gasteiger charge is -2.11. The van der Waals surface area contributed by atoms with Gasteiger partial charge in [-0.25, -0.2) is 0 Å². The third-order valence-corrected chi connectivity index (χ3v) is 8.71. The number of thiophene rings is 1. The normalized spacial score (nSPS) is 12.1. The zero-order chi connectivity index (χ0) is 23.8. The molecule has 2 aromatic heterocycles. The summed E-state index contributed by atoms with van der Waals surface area (Å²) in [5, 5.41) is 10.5. The first-order valence-electron chi connectivity index (χ1n) is 12.3. The fraction of sp³-hybridized carbons (Fsp3) is 0.0303. The predicted octanol–water partition coefficient (Wildman–Crippen LogP) is 8.92. The number of para-hydroxylation sites is 1. The van der Waals surface area contributed by atoms with Crippen molar-refractivity contribution in [1.82, 2.24) is 4.57 Å². The summed E-state index contributed by atoms with van der Waals surface area (Å²) >= 11 is 1.88. The monoisotopic (exact) mass is 478 g/mol.